The summed E-state index contributed by atoms with van der Waals surface area (Å²) in [6.07, 6.45) is 0.910. The second-order valence-electron chi connectivity index (χ2n) is 5.79. The van der Waals surface area contributed by atoms with E-state index in [-0.39, 0.29) is 5.43 Å². The minimum absolute atomic E-state index is 0.0190. The van der Waals surface area contributed by atoms with Crippen molar-refractivity contribution in [3.63, 3.8) is 0 Å². The molecule has 25 heavy (non-hydrogen) atoms. The summed E-state index contributed by atoms with van der Waals surface area (Å²) >= 11 is 12.1. The van der Waals surface area contributed by atoms with Crippen molar-refractivity contribution in [1.29, 1.82) is 0 Å². The second-order valence-corrected chi connectivity index (χ2v) is 6.63. The first kappa shape index (κ1) is 17.8. The molecule has 0 aliphatic carbocycles. The molecular weight excluding hydrogens is 357 g/mol. The molecule has 3 rings (SSSR count). The molecule has 0 bridgehead atoms. The van der Waals surface area contributed by atoms with Crippen molar-refractivity contribution in [2.75, 3.05) is 18.4 Å². The summed E-state index contributed by atoms with van der Waals surface area (Å²) < 4.78 is 0. The number of hydrogen-bond donors (Lipinski definition) is 3. The molecule has 0 aliphatic heterocycles. The van der Waals surface area contributed by atoms with E-state index in [0.29, 0.717) is 22.0 Å². The Morgan fingerprint density at radius 1 is 1.00 bits per heavy atom. The van der Waals surface area contributed by atoms with Gasteiger partial charge in [0.15, 0.2) is 5.43 Å². The van der Waals surface area contributed by atoms with Crippen LogP contribution in [0.25, 0.3) is 10.9 Å². The first-order valence-corrected chi connectivity index (χ1v) is 8.89. The van der Waals surface area contributed by atoms with Crippen molar-refractivity contribution in [3.8, 4) is 0 Å². The minimum Gasteiger partial charge on any atom is -0.371 e. The zero-order valence-corrected chi connectivity index (χ0v) is 15.1. The van der Waals surface area contributed by atoms with Crippen LogP contribution in [0.2, 0.25) is 10.0 Å². The van der Waals surface area contributed by atoms with Crippen LogP contribution in [0.15, 0.2) is 53.3 Å². The highest BCUT2D eigenvalue weighted by Crippen LogP contribution is 2.20. The number of fused-ring (bicyclic) bond motifs is 1. The van der Waals surface area contributed by atoms with E-state index in [9.17, 15) is 4.79 Å². The normalized spacial score (nSPS) is 11.0. The summed E-state index contributed by atoms with van der Waals surface area (Å²) in [5.41, 5.74) is 1.85. The van der Waals surface area contributed by atoms with Crippen molar-refractivity contribution < 1.29 is 0 Å². The van der Waals surface area contributed by atoms with Gasteiger partial charge in [-0.15, -0.1) is 0 Å². The molecule has 1 aromatic heterocycles. The lowest BCUT2D eigenvalue weighted by molar-refractivity contribution is 0.663. The molecule has 4 nitrogen and oxygen atoms in total. The first-order chi connectivity index (χ1) is 12.1. The van der Waals surface area contributed by atoms with Crippen LogP contribution in [0.4, 0.5) is 5.82 Å². The van der Waals surface area contributed by atoms with E-state index in [0.717, 1.165) is 36.4 Å². The van der Waals surface area contributed by atoms with Gasteiger partial charge in [0.2, 0.25) is 0 Å². The summed E-state index contributed by atoms with van der Waals surface area (Å²) in [6.45, 7) is 2.25. The molecular formula is C19H19Cl2N3O. The third-order valence-electron chi connectivity index (χ3n) is 3.91. The fourth-order valence-corrected chi connectivity index (χ4v) is 3.01. The molecule has 0 radical (unpaired) electrons. The number of aromatic amines is 1. The van der Waals surface area contributed by atoms with Crippen LogP contribution in [0.3, 0.4) is 0 Å². The molecule has 3 N–H and O–H groups in total. The first-order valence-electron chi connectivity index (χ1n) is 8.14. The molecule has 1 heterocycles. The Kier molecular flexibility index (Phi) is 5.97. The van der Waals surface area contributed by atoms with Crippen LogP contribution < -0.4 is 16.1 Å². The molecule has 130 valence electrons. The van der Waals surface area contributed by atoms with Crippen LogP contribution in [0.5, 0.6) is 0 Å². The van der Waals surface area contributed by atoms with Crippen molar-refractivity contribution >= 4 is 39.9 Å². The van der Waals surface area contributed by atoms with Gasteiger partial charge in [-0.05, 0) is 48.9 Å². The molecule has 0 saturated heterocycles. The number of aromatic nitrogens is 1. The van der Waals surface area contributed by atoms with Crippen LogP contribution in [0, 0.1) is 0 Å². The average Bonchev–Trinajstić information content (AvgIpc) is 2.61. The standard InChI is InChI=1S/C19H19Cl2N3O/c20-14-6-7-16(21)13(10-14)12-22-8-3-9-23-19-11-18(25)15-4-1-2-5-17(15)24-19/h1-2,4-7,10-11,22H,3,8-9,12H2,(H2,23,24,25). The molecule has 0 atom stereocenters. The van der Waals surface area contributed by atoms with E-state index in [1.54, 1.807) is 18.2 Å². The van der Waals surface area contributed by atoms with E-state index < -0.39 is 0 Å². The summed E-state index contributed by atoms with van der Waals surface area (Å²) in [7, 11) is 0. The predicted octanol–water partition coefficient (Wildman–Crippen LogP) is 4.43. The van der Waals surface area contributed by atoms with E-state index >= 15 is 0 Å². The van der Waals surface area contributed by atoms with Gasteiger partial charge >= 0.3 is 0 Å². The number of halogens is 2. The molecule has 6 heteroatoms. The number of pyridine rings is 1. The van der Waals surface area contributed by atoms with Crippen molar-refractivity contribution in [2.45, 2.75) is 13.0 Å². The third kappa shape index (κ3) is 4.75. The Bertz CT molecular complexity index is 924. The van der Waals surface area contributed by atoms with Crippen LogP contribution >= 0.6 is 23.2 Å². The Morgan fingerprint density at radius 2 is 1.84 bits per heavy atom. The van der Waals surface area contributed by atoms with Gasteiger partial charge in [-0.3, -0.25) is 4.79 Å². The van der Waals surface area contributed by atoms with Gasteiger partial charge in [-0.25, -0.2) is 0 Å². The van der Waals surface area contributed by atoms with E-state index in [4.69, 9.17) is 23.2 Å². The van der Waals surface area contributed by atoms with Gasteiger partial charge in [-0.2, -0.15) is 0 Å². The summed E-state index contributed by atoms with van der Waals surface area (Å²) in [5.74, 6) is 0.738. The maximum Gasteiger partial charge on any atom is 0.191 e. The van der Waals surface area contributed by atoms with Gasteiger partial charge in [0.05, 0.1) is 5.52 Å². The Labute approximate surface area is 156 Å². The Morgan fingerprint density at radius 3 is 2.72 bits per heavy atom. The number of anilines is 1. The number of hydrogen-bond acceptors (Lipinski definition) is 3. The zero-order valence-electron chi connectivity index (χ0n) is 13.6. The molecule has 0 spiro atoms. The number of para-hydroxylation sites is 1. The molecule has 0 amide bonds. The smallest absolute Gasteiger partial charge is 0.191 e. The van der Waals surface area contributed by atoms with Crippen molar-refractivity contribution in [3.05, 3.63) is 74.4 Å². The maximum absolute atomic E-state index is 12.1. The number of nitrogens with one attached hydrogen (secondary N) is 3. The maximum atomic E-state index is 12.1. The largest absolute Gasteiger partial charge is 0.371 e. The highest BCUT2D eigenvalue weighted by molar-refractivity contribution is 6.33. The highest BCUT2D eigenvalue weighted by atomic mass is 35.5. The zero-order chi connectivity index (χ0) is 17.6. The lowest BCUT2D eigenvalue weighted by Gasteiger charge is -2.09. The Balaban J connectivity index is 1.46. The number of rotatable bonds is 7. The predicted molar refractivity (Wildman–Crippen MR) is 106 cm³/mol. The van der Waals surface area contributed by atoms with Crippen LogP contribution in [-0.4, -0.2) is 18.1 Å². The fourth-order valence-electron chi connectivity index (χ4n) is 2.63. The van der Waals surface area contributed by atoms with E-state index in [1.165, 1.54) is 0 Å². The molecule has 2 aromatic carbocycles. The lowest BCUT2D eigenvalue weighted by atomic mass is 10.2. The number of benzene rings is 2. The highest BCUT2D eigenvalue weighted by Gasteiger charge is 2.02. The van der Waals surface area contributed by atoms with E-state index in [1.807, 2.05) is 30.3 Å². The molecule has 3 aromatic rings. The summed E-state index contributed by atoms with van der Waals surface area (Å²) in [5, 5.41) is 8.69. The minimum atomic E-state index is 0.0190. The second kappa shape index (κ2) is 8.39. The molecule has 0 saturated carbocycles. The van der Waals surface area contributed by atoms with Crippen LogP contribution in [-0.2, 0) is 6.54 Å². The SMILES string of the molecule is O=c1cc(NCCCNCc2cc(Cl)ccc2Cl)[nH]c2ccccc12. The van der Waals surface area contributed by atoms with Crippen molar-refractivity contribution in [1.82, 2.24) is 10.3 Å². The monoisotopic (exact) mass is 375 g/mol. The van der Waals surface area contributed by atoms with Crippen molar-refractivity contribution in [2.24, 2.45) is 0 Å². The average molecular weight is 376 g/mol. The molecule has 0 aliphatic rings. The number of H-pyrrole nitrogens is 1. The lowest BCUT2D eigenvalue weighted by Crippen LogP contribution is -2.18. The van der Waals surface area contributed by atoms with Gasteiger partial charge < -0.3 is 15.6 Å². The Hall–Kier alpha value is -2.01. The van der Waals surface area contributed by atoms with Gasteiger partial charge in [0.1, 0.15) is 5.82 Å². The quantitative estimate of drug-likeness (QED) is 0.535. The molecule has 0 fully saturated rings. The summed E-state index contributed by atoms with van der Waals surface area (Å²) in [4.78, 5) is 15.3. The molecule has 0 unspecified atom stereocenters. The van der Waals surface area contributed by atoms with Gasteiger partial charge in [-0.1, -0.05) is 35.3 Å². The third-order valence-corrected chi connectivity index (χ3v) is 4.51. The van der Waals surface area contributed by atoms with E-state index in [2.05, 4.69) is 15.6 Å². The fraction of sp³-hybridized carbons (Fsp3) is 0.211. The topological polar surface area (TPSA) is 56.9 Å². The summed E-state index contributed by atoms with van der Waals surface area (Å²) in [6, 6.07) is 14.5. The van der Waals surface area contributed by atoms with Crippen LogP contribution in [0.1, 0.15) is 12.0 Å². The van der Waals surface area contributed by atoms with Gasteiger partial charge in [0.25, 0.3) is 0 Å². The van der Waals surface area contributed by atoms with Gasteiger partial charge in [0, 0.05) is 34.6 Å².